The van der Waals surface area contributed by atoms with E-state index in [2.05, 4.69) is 5.32 Å². The predicted octanol–water partition coefficient (Wildman–Crippen LogP) is 2.67. The fraction of sp³-hybridized carbons (Fsp3) is 0.333. The number of esters is 1. The van der Waals surface area contributed by atoms with Crippen molar-refractivity contribution in [2.24, 2.45) is 0 Å². The zero-order valence-corrected chi connectivity index (χ0v) is 17.1. The molecular formula is C21H23NO8. The minimum atomic E-state index is -1.07. The minimum absolute atomic E-state index is 0.106. The molecule has 0 unspecified atom stereocenters. The average Bonchev–Trinajstić information content (AvgIpc) is 2.77. The van der Waals surface area contributed by atoms with Crippen molar-refractivity contribution in [3.63, 3.8) is 0 Å². The third-order valence-corrected chi connectivity index (χ3v) is 4.39. The predicted molar refractivity (Wildman–Crippen MR) is 107 cm³/mol. The molecule has 0 fully saturated rings. The largest absolute Gasteiger partial charge is 0.493 e. The highest BCUT2D eigenvalue weighted by Gasteiger charge is 2.25. The second-order valence-corrected chi connectivity index (χ2v) is 6.28. The molecule has 0 saturated carbocycles. The van der Waals surface area contributed by atoms with Gasteiger partial charge in [0, 0.05) is 11.8 Å². The van der Waals surface area contributed by atoms with Crippen LogP contribution in [0.15, 0.2) is 30.3 Å². The molecule has 1 heterocycles. The van der Waals surface area contributed by atoms with Gasteiger partial charge in [0.05, 0.1) is 21.3 Å². The number of carbonyl (C=O) groups excluding carboxylic acids is 2. The maximum Gasteiger partial charge on any atom is 0.342 e. The molecule has 0 radical (unpaired) electrons. The van der Waals surface area contributed by atoms with Gasteiger partial charge in [0.25, 0.3) is 5.91 Å². The van der Waals surface area contributed by atoms with Crippen molar-refractivity contribution in [1.29, 1.82) is 0 Å². The lowest BCUT2D eigenvalue weighted by atomic mass is 10.1. The molecule has 1 atom stereocenters. The number of rotatable bonds is 7. The normalized spacial score (nSPS) is 13.1. The molecule has 0 aliphatic carbocycles. The van der Waals surface area contributed by atoms with E-state index in [0.717, 1.165) is 0 Å². The average molecular weight is 417 g/mol. The maximum atomic E-state index is 12.6. The number of fused-ring (bicyclic) bond motifs is 1. The zero-order valence-electron chi connectivity index (χ0n) is 17.1. The Labute approximate surface area is 173 Å². The van der Waals surface area contributed by atoms with Crippen molar-refractivity contribution in [2.75, 3.05) is 39.9 Å². The van der Waals surface area contributed by atoms with E-state index in [9.17, 15) is 9.59 Å². The van der Waals surface area contributed by atoms with Gasteiger partial charge < -0.3 is 33.7 Å². The van der Waals surface area contributed by atoms with E-state index in [0.29, 0.717) is 36.1 Å². The van der Waals surface area contributed by atoms with Crippen LogP contribution in [-0.4, -0.2) is 52.5 Å². The third-order valence-electron chi connectivity index (χ3n) is 4.39. The van der Waals surface area contributed by atoms with Gasteiger partial charge >= 0.3 is 5.97 Å². The van der Waals surface area contributed by atoms with Crippen LogP contribution in [0.25, 0.3) is 0 Å². The molecule has 2 aromatic carbocycles. The number of nitrogens with one attached hydrogen (secondary N) is 1. The highest BCUT2D eigenvalue weighted by Crippen LogP contribution is 2.40. The lowest BCUT2D eigenvalue weighted by Crippen LogP contribution is -2.30. The zero-order chi connectivity index (χ0) is 21.7. The summed E-state index contributed by atoms with van der Waals surface area (Å²) in [6.45, 7) is 2.38. The first-order chi connectivity index (χ1) is 14.5. The number of ether oxygens (including phenoxy) is 6. The van der Waals surface area contributed by atoms with Crippen LogP contribution >= 0.6 is 0 Å². The molecule has 1 aliphatic rings. The Morgan fingerprint density at radius 2 is 1.63 bits per heavy atom. The summed E-state index contributed by atoms with van der Waals surface area (Å²) >= 11 is 0. The Morgan fingerprint density at radius 1 is 0.933 bits per heavy atom. The van der Waals surface area contributed by atoms with Gasteiger partial charge in [0.15, 0.2) is 29.1 Å². The lowest BCUT2D eigenvalue weighted by Gasteiger charge is -2.20. The smallest absolute Gasteiger partial charge is 0.342 e. The number of hydrogen-bond acceptors (Lipinski definition) is 8. The molecule has 1 amide bonds. The van der Waals surface area contributed by atoms with E-state index in [1.807, 2.05) is 0 Å². The van der Waals surface area contributed by atoms with Crippen molar-refractivity contribution in [2.45, 2.75) is 13.0 Å². The summed E-state index contributed by atoms with van der Waals surface area (Å²) in [4.78, 5) is 25.1. The van der Waals surface area contributed by atoms with Gasteiger partial charge in [-0.05, 0) is 31.2 Å². The monoisotopic (exact) mass is 417 g/mol. The molecule has 9 heteroatoms. The van der Waals surface area contributed by atoms with E-state index in [4.69, 9.17) is 28.4 Å². The van der Waals surface area contributed by atoms with E-state index < -0.39 is 18.0 Å². The van der Waals surface area contributed by atoms with Crippen LogP contribution in [0.3, 0.4) is 0 Å². The van der Waals surface area contributed by atoms with Crippen LogP contribution in [0.1, 0.15) is 17.3 Å². The number of carbonyl (C=O) groups is 2. The molecule has 2 aromatic rings. The molecule has 1 N–H and O–H groups in total. The molecule has 1 aliphatic heterocycles. The second-order valence-electron chi connectivity index (χ2n) is 6.28. The van der Waals surface area contributed by atoms with Gasteiger partial charge in [-0.3, -0.25) is 4.79 Å². The first-order valence-electron chi connectivity index (χ1n) is 9.19. The van der Waals surface area contributed by atoms with E-state index >= 15 is 0 Å². The maximum absolute atomic E-state index is 12.6. The molecule has 30 heavy (non-hydrogen) atoms. The van der Waals surface area contributed by atoms with Crippen molar-refractivity contribution in [3.8, 4) is 28.7 Å². The number of anilines is 1. The second kappa shape index (κ2) is 9.25. The molecule has 0 spiro atoms. The Balaban J connectivity index is 1.70. The van der Waals surface area contributed by atoms with Crippen LogP contribution in [-0.2, 0) is 9.53 Å². The Kier molecular flexibility index (Phi) is 6.51. The van der Waals surface area contributed by atoms with E-state index in [1.165, 1.54) is 34.3 Å². The van der Waals surface area contributed by atoms with Crippen molar-refractivity contribution < 1.29 is 38.0 Å². The number of methoxy groups -OCH3 is 3. The molecule has 9 nitrogen and oxygen atoms in total. The first-order valence-corrected chi connectivity index (χ1v) is 9.19. The van der Waals surface area contributed by atoms with Crippen LogP contribution in [0.4, 0.5) is 5.69 Å². The van der Waals surface area contributed by atoms with Gasteiger partial charge in [-0.25, -0.2) is 4.79 Å². The SMILES string of the molecule is COc1ccc(C(=O)O[C@@H](C)C(=O)Nc2ccc3c(c2)OCCO3)c(OC)c1OC. The third kappa shape index (κ3) is 4.35. The van der Waals surface area contributed by atoms with Crippen LogP contribution in [0, 0.1) is 0 Å². The number of benzene rings is 2. The van der Waals surface area contributed by atoms with Gasteiger partial charge in [0.2, 0.25) is 5.75 Å². The Hall–Kier alpha value is -3.62. The van der Waals surface area contributed by atoms with E-state index in [-0.39, 0.29) is 17.1 Å². The quantitative estimate of drug-likeness (QED) is 0.686. The fourth-order valence-electron chi connectivity index (χ4n) is 2.90. The highest BCUT2D eigenvalue weighted by molar-refractivity contribution is 5.99. The topological polar surface area (TPSA) is 102 Å². The standard InChI is InChI=1S/C21H23NO8/c1-12(20(23)22-13-5-7-15-17(11-13)29-10-9-28-15)30-21(24)14-6-8-16(25-2)19(27-4)18(14)26-3/h5-8,11-12H,9-10H2,1-4H3,(H,22,23)/t12-/m0/s1. The summed E-state index contributed by atoms with van der Waals surface area (Å²) in [5.41, 5.74) is 0.602. The van der Waals surface area contributed by atoms with Crippen molar-refractivity contribution in [3.05, 3.63) is 35.9 Å². The van der Waals surface area contributed by atoms with Gasteiger partial charge in [0.1, 0.15) is 18.8 Å². The van der Waals surface area contributed by atoms with E-state index in [1.54, 1.807) is 24.3 Å². The van der Waals surface area contributed by atoms with Crippen LogP contribution in [0.2, 0.25) is 0 Å². The summed E-state index contributed by atoms with van der Waals surface area (Å²) < 4.78 is 32.0. The Morgan fingerprint density at radius 3 is 2.30 bits per heavy atom. The van der Waals surface area contributed by atoms with Gasteiger partial charge in [-0.1, -0.05) is 0 Å². The van der Waals surface area contributed by atoms with Crippen molar-refractivity contribution in [1.82, 2.24) is 0 Å². The summed E-state index contributed by atoms with van der Waals surface area (Å²) in [5.74, 6) is 0.717. The number of hydrogen-bond donors (Lipinski definition) is 1. The highest BCUT2D eigenvalue weighted by atomic mass is 16.6. The molecule has 160 valence electrons. The van der Waals surface area contributed by atoms with Crippen LogP contribution < -0.4 is 29.0 Å². The fourth-order valence-corrected chi connectivity index (χ4v) is 2.90. The lowest BCUT2D eigenvalue weighted by molar-refractivity contribution is -0.123. The van der Waals surface area contributed by atoms with Crippen molar-refractivity contribution >= 4 is 17.6 Å². The summed E-state index contributed by atoms with van der Waals surface area (Å²) in [6.07, 6.45) is -1.07. The van der Waals surface area contributed by atoms with Crippen LogP contribution in [0.5, 0.6) is 28.7 Å². The molecule has 3 rings (SSSR count). The summed E-state index contributed by atoms with van der Waals surface area (Å²) in [7, 11) is 4.30. The molecular weight excluding hydrogens is 394 g/mol. The summed E-state index contributed by atoms with van der Waals surface area (Å²) in [6, 6.07) is 8.07. The Bertz CT molecular complexity index is 943. The molecule has 0 bridgehead atoms. The van der Waals surface area contributed by atoms with Gasteiger partial charge in [-0.15, -0.1) is 0 Å². The minimum Gasteiger partial charge on any atom is -0.493 e. The molecule has 0 saturated heterocycles. The first kappa shape index (κ1) is 21.1. The number of amides is 1. The van der Waals surface area contributed by atoms with Gasteiger partial charge in [-0.2, -0.15) is 0 Å². The molecule has 0 aromatic heterocycles. The summed E-state index contributed by atoms with van der Waals surface area (Å²) in [5, 5.41) is 2.69.